The van der Waals surface area contributed by atoms with Crippen LogP contribution in [0, 0.1) is 5.92 Å². The molecule has 0 unspecified atom stereocenters. The molecule has 0 radical (unpaired) electrons. The van der Waals surface area contributed by atoms with E-state index < -0.39 is 0 Å². The van der Waals surface area contributed by atoms with E-state index in [1.54, 1.807) is 12.4 Å². The smallest absolute Gasteiger partial charge is 0.0807 e. The first kappa shape index (κ1) is 10.9. The molecule has 0 saturated carbocycles. The fraction of sp³-hybridized carbons (Fsp3) is 0.455. The van der Waals surface area contributed by atoms with Crippen molar-refractivity contribution in [2.24, 2.45) is 10.9 Å². The van der Waals surface area contributed by atoms with E-state index in [0.717, 1.165) is 5.69 Å². The van der Waals surface area contributed by atoms with Gasteiger partial charge in [0.15, 0.2) is 0 Å². The van der Waals surface area contributed by atoms with E-state index in [9.17, 15) is 0 Å². The van der Waals surface area contributed by atoms with Gasteiger partial charge < -0.3 is 5.11 Å². The maximum Gasteiger partial charge on any atom is 0.0807 e. The Hall–Kier alpha value is -1.22. The number of aliphatic hydroxyl groups excluding tert-OH is 1. The van der Waals surface area contributed by atoms with Crippen LogP contribution in [0.3, 0.4) is 0 Å². The normalized spacial score (nSPS) is 13.7. The van der Waals surface area contributed by atoms with E-state index >= 15 is 0 Å². The number of rotatable bonds is 4. The molecular formula is C11H16N2O. The molecule has 1 atom stereocenters. The van der Waals surface area contributed by atoms with Gasteiger partial charge in [0.05, 0.1) is 18.3 Å². The van der Waals surface area contributed by atoms with Crippen molar-refractivity contribution in [1.29, 1.82) is 0 Å². The average Bonchev–Trinajstić information content (AvgIpc) is 2.20. The topological polar surface area (TPSA) is 45.5 Å². The minimum atomic E-state index is -0.0305. The lowest BCUT2D eigenvalue weighted by atomic mass is 10.1. The number of pyridine rings is 1. The van der Waals surface area contributed by atoms with Crippen molar-refractivity contribution in [2.45, 2.75) is 19.9 Å². The summed E-state index contributed by atoms with van der Waals surface area (Å²) in [6, 6.07) is 5.64. The Morgan fingerprint density at radius 3 is 2.79 bits per heavy atom. The van der Waals surface area contributed by atoms with E-state index in [2.05, 4.69) is 9.98 Å². The van der Waals surface area contributed by atoms with Gasteiger partial charge in [-0.1, -0.05) is 19.9 Å². The molecule has 0 spiro atoms. The van der Waals surface area contributed by atoms with Crippen LogP contribution in [0.2, 0.25) is 0 Å². The van der Waals surface area contributed by atoms with Gasteiger partial charge in [-0.05, 0) is 18.1 Å². The molecule has 0 aliphatic carbocycles. The quantitative estimate of drug-likeness (QED) is 0.735. The summed E-state index contributed by atoms with van der Waals surface area (Å²) in [5, 5.41) is 9.04. The number of aromatic nitrogens is 1. The Kier molecular flexibility index (Phi) is 4.26. The Labute approximate surface area is 84.5 Å². The third kappa shape index (κ3) is 3.26. The lowest BCUT2D eigenvalue weighted by molar-refractivity contribution is 0.240. The molecule has 0 saturated heterocycles. The summed E-state index contributed by atoms with van der Waals surface area (Å²) >= 11 is 0. The number of hydrogen-bond acceptors (Lipinski definition) is 3. The molecule has 0 bridgehead atoms. The van der Waals surface area contributed by atoms with Crippen molar-refractivity contribution < 1.29 is 5.11 Å². The Morgan fingerprint density at radius 1 is 1.50 bits per heavy atom. The standard InChI is InChI=1S/C11H16N2O/c1-9(2)11(8-14)13-7-10-5-3-4-6-12-10/h3-7,9,11,14H,8H2,1-2H3/t11-/m0/s1. The third-order valence-electron chi connectivity index (χ3n) is 2.04. The van der Waals surface area contributed by atoms with Gasteiger partial charge in [0.2, 0.25) is 0 Å². The summed E-state index contributed by atoms with van der Waals surface area (Å²) in [6.45, 7) is 4.16. The molecule has 1 rings (SSSR count). The van der Waals surface area contributed by atoms with Gasteiger partial charge in [-0.3, -0.25) is 9.98 Å². The Morgan fingerprint density at radius 2 is 2.29 bits per heavy atom. The van der Waals surface area contributed by atoms with Crippen LogP contribution in [0.1, 0.15) is 19.5 Å². The highest BCUT2D eigenvalue weighted by molar-refractivity contribution is 5.76. The van der Waals surface area contributed by atoms with Crippen LogP contribution in [0.25, 0.3) is 0 Å². The molecule has 1 aromatic rings. The molecule has 0 aliphatic rings. The Balaban J connectivity index is 2.63. The van der Waals surface area contributed by atoms with Crippen molar-refractivity contribution >= 4 is 6.21 Å². The lowest BCUT2D eigenvalue weighted by Crippen LogP contribution is -2.17. The highest BCUT2D eigenvalue weighted by Gasteiger charge is 2.08. The van der Waals surface area contributed by atoms with Gasteiger partial charge in [-0.15, -0.1) is 0 Å². The van der Waals surface area contributed by atoms with Crippen LogP contribution in [-0.4, -0.2) is 29.0 Å². The van der Waals surface area contributed by atoms with Gasteiger partial charge in [0.25, 0.3) is 0 Å². The van der Waals surface area contributed by atoms with Crippen molar-refractivity contribution in [2.75, 3.05) is 6.61 Å². The summed E-state index contributed by atoms with van der Waals surface area (Å²) in [5.41, 5.74) is 0.826. The molecule has 3 nitrogen and oxygen atoms in total. The molecule has 3 heteroatoms. The fourth-order valence-electron chi connectivity index (χ4n) is 1.05. The van der Waals surface area contributed by atoms with Crippen LogP contribution in [0.5, 0.6) is 0 Å². The van der Waals surface area contributed by atoms with Crippen LogP contribution in [0.4, 0.5) is 0 Å². The van der Waals surface area contributed by atoms with Crippen molar-refractivity contribution in [3.8, 4) is 0 Å². The number of nitrogens with zero attached hydrogens (tertiary/aromatic N) is 2. The van der Waals surface area contributed by atoms with Gasteiger partial charge in [0, 0.05) is 12.4 Å². The first-order chi connectivity index (χ1) is 6.74. The molecule has 1 N–H and O–H groups in total. The zero-order valence-corrected chi connectivity index (χ0v) is 8.59. The summed E-state index contributed by atoms with van der Waals surface area (Å²) in [7, 11) is 0. The summed E-state index contributed by atoms with van der Waals surface area (Å²) in [5.74, 6) is 0.347. The Bertz CT molecular complexity index is 283. The van der Waals surface area contributed by atoms with Gasteiger partial charge in [-0.25, -0.2) is 0 Å². The van der Waals surface area contributed by atoms with Crippen LogP contribution >= 0.6 is 0 Å². The molecule has 14 heavy (non-hydrogen) atoms. The van der Waals surface area contributed by atoms with Gasteiger partial charge >= 0.3 is 0 Å². The van der Waals surface area contributed by atoms with Crippen LogP contribution in [0.15, 0.2) is 29.4 Å². The summed E-state index contributed by atoms with van der Waals surface area (Å²) < 4.78 is 0. The van der Waals surface area contributed by atoms with Crippen LogP contribution in [-0.2, 0) is 0 Å². The number of aliphatic hydroxyl groups is 1. The minimum Gasteiger partial charge on any atom is -0.394 e. The predicted octanol–water partition coefficient (Wildman–Crippen LogP) is 1.52. The molecular weight excluding hydrogens is 176 g/mol. The molecule has 0 fully saturated rings. The third-order valence-corrected chi connectivity index (χ3v) is 2.04. The minimum absolute atomic E-state index is 0.0305. The molecule has 1 aromatic heterocycles. The monoisotopic (exact) mass is 192 g/mol. The van der Waals surface area contributed by atoms with Crippen molar-refractivity contribution in [3.05, 3.63) is 30.1 Å². The van der Waals surface area contributed by atoms with E-state index in [0.29, 0.717) is 5.92 Å². The van der Waals surface area contributed by atoms with Crippen molar-refractivity contribution in [3.63, 3.8) is 0 Å². The highest BCUT2D eigenvalue weighted by Crippen LogP contribution is 2.05. The molecule has 76 valence electrons. The average molecular weight is 192 g/mol. The summed E-state index contributed by atoms with van der Waals surface area (Å²) in [4.78, 5) is 8.39. The van der Waals surface area contributed by atoms with E-state index in [1.807, 2.05) is 32.0 Å². The molecule has 0 aliphatic heterocycles. The molecule has 0 amide bonds. The van der Waals surface area contributed by atoms with Gasteiger partial charge in [-0.2, -0.15) is 0 Å². The number of hydrogen-bond donors (Lipinski definition) is 1. The number of aliphatic imine (C=N–C) groups is 1. The second-order valence-electron chi connectivity index (χ2n) is 3.53. The lowest BCUT2D eigenvalue weighted by Gasteiger charge is -2.12. The second kappa shape index (κ2) is 5.50. The fourth-order valence-corrected chi connectivity index (χ4v) is 1.05. The zero-order valence-electron chi connectivity index (χ0n) is 8.59. The SMILES string of the molecule is CC(C)[C@H](CO)N=Cc1ccccn1. The van der Waals surface area contributed by atoms with E-state index in [4.69, 9.17) is 5.11 Å². The summed E-state index contributed by atoms with van der Waals surface area (Å²) in [6.07, 6.45) is 3.44. The first-order valence-corrected chi connectivity index (χ1v) is 4.79. The van der Waals surface area contributed by atoms with Crippen molar-refractivity contribution in [1.82, 2.24) is 4.98 Å². The second-order valence-corrected chi connectivity index (χ2v) is 3.53. The van der Waals surface area contributed by atoms with E-state index in [-0.39, 0.29) is 12.6 Å². The maximum atomic E-state index is 9.04. The first-order valence-electron chi connectivity index (χ1n) is 4.79. The van der Waals surface area contributed by atoms with Gasteiger partial charge in [0.1, 0.15) is 0 Å². The molecule has 0 aromatic carbocycles. The van der Waals surface area contributed by atoms with Crippen LogP contribution < -0.4 is 0 Å². The predicted molar refractivity (Wildman–Crippen MR) is 57.5 cm³/mol. The molecule has 1 heterocycles. The van der Waals surface area contributed by atoms with E-state index in [1.165, 1.54) is 0 Å². The highest BCUT2D eigenvalue weighted by atomic mass is 16.3. The maximum absolute atomic E-state index is 9.04. The zero-order chi connectivity index (χ0) is 10.4. The largest absolute Gasteiger partial charge is 0.394 e.